The van der Waals surface area contributed by atoms with Gasteiger partial charge in [-0.1, -0.05) is 101 Å². The van der Waals surface area contributed by atoms with Crippen LogP contribution in [0.4, 0.5) is 4.79 Å². The van der Waals surface area contributed by atoms with Crippen LogP contribution in [0.25, 0.3) is 0 Å². The summed E-state index contributed by atoms with van der Waals surface area (Å²) in [6.07, 6.45) is 6.88. The number of carbonyl (C=O) groups excluding carboxylic acids is 3. The summed E-state index contributed by atoms with van der Waals surface area (Å²) in [5.74, 6) is 0.286. The van der Waals surface area contributed by atoms with Crippen LogP contribution in [0.3, 0.4) is 0 Å². The predicted octanol–water partition coefficient (Wildman–Crippen LogP) is 5.85. The average molecular weight is 658 g/mol. The van der Waals surface area contributed by atoms with Gasteiger partial charge in [-0.05, 0) is 67.4 Å². The van der Waals surface area contributed by atoms with Crippen molar-refractivity contribution in [3.8, 4) is 0 Å². The first-order valence-corrected chi connectivity index (χ1v) is 18.1. The summed E-state index contributed by atoms with van der Waals surface area (Å²) in [6.45, 7) is 9.60. The van der Waals surface area contributed by atoms with Gasteiger partial charge in [-0.3, -0.25) is 9.59 Å². The number of benzene rings is 2. The minimum Gasteiger partial charge on any atom is -0.445 e. The Morgan fingerprint density at radius 1 is 0.979 bits per heavy atom. The van der Waals surface area contributed by atoms with Gasteiger partial charge in [0.05, 0.1) is 17.6 Å². The van der Waals surface area contributed by atoms with E-state index in [1.165, 1.54) is 6.42 Å². The van der Waals surface area contributed by atoms with Crippen molar-refractivity contribution in [2.75, 3.05) is 6.54 Å². The van der Waals surface area contributed by atoms with Gasteiger partial charge >= 0.3 is 13.2 Å². The van der Waals surface area contributed by atoms with Crippen molar-refractivity contribution >= 4 is 25.0 Å². The molecule has 2 aromatic carbocycles. The minimum atomic E-state index is -0.885. The van der Waals surface area contributed by atoms with E-state index < -0.39 is 25.3 Å². The monoisotopic (exact) mass is 657 g/mol. The summed E-state index contributed by atoms with van der Waals surface area (Å²) in [7, 11) is -0.520. The number of hydrogen-bond donors (Lipinski definition) is 2. The first-order chi connectivity index (χ1) is 23.1. The highest BCUT2D eigenvalue weighted by atomic mass is 16.7. The summed E-state index contributed by atoms with van der Waals surface area (Å²) in [5.41, 5.74) is 1.62. The molecule has 0 radical (unpaired) electrons. The molecule has 2 bridgehead atoms. The molecule has 1 unspecified atom stereocenters. The van der Waals surface area contributed by atoms with Gasteiger partial charge < -0.3 is 29.6 Å². The molecule has 3 saturated carbocycles. The van der Waals surface area contributed by atoms with Gasteiger partial charge in [0, 0.05) is 13.0 Å². The molecule has 48 heavy (non-hydrogen) atoms. The Labute approximate surface area is 286 Å². The van der Waals surface area contributed by atoms with E-state index in [0.29, 0.717) is 31.2 Å². The molecule has 10 heteroatoms. The van der Waals surface area contributed by atoms with Crippen LogP contribution < -0.4 is 10.6 Å². The SMILES string of the molecule is CCCCCC(NC(=O)[C@@H]1CCCN1C(=O)[C@@H](Cc1ccccc1)NC(=O)OCc1ccccc1)B1O[C@@H]2C[C@@H]3C[C@@H](C3(C)C)[C@]2(C)O1. The topological polar surface area (TPSA) is 106 Å². The molecular formula is C38H52BN3O6. The van der Waals surface area contributed by atoms with Crippen LogP contribution in [0.15, 0.2) is 60.7 Å². The lowest BCUT2D eigenvalue weighted by Crippen LogP contribution is -2.65. The van der Waals surface area contributed by atoms with E-state index in [1.54, 1.807) is 4.90 Å². The third-order valence-corrected chi connectivity index (χ3v) is 11.7. The van der Waals surface area contributed by atoms with Crippen molar-refractivity contribution in [1.82, 2.24) is 15.5 Å². The van der Waals surface area contributed by atoms with Crippen LogP contribution in [0.5, 0.6) is 0 Å². The summed E-state index contributed by atoms with van der Waals surface area (Å²) in [6, 6.07) is 17.5. The number of nitrogens with one attached hydrogen (secondary N) is 2. The minimum absolute atomic E-state index is 0.0286. The molecule has 7 rings (SSSR count). The predicted molar refractivity (Wildman–Crippen MR) is 185 cm³/mol. The number of carbonyl (C=O) groups is 3. The highest BCUT2D eigenvalue weighted by Gasteiger charge is 2.68. The molecule has 9 nitrogen and oxygen atoms in total. The number of nitrogens with zero attached hydrogens (tertiary/aromatic N) is 1. The Bertz CT molecular complexity index is 1430. The Morgan fingerprint density at radius 3 is 2.38 bits per heavy atom. The zero-order chi connectivity index (χ0) is 33.9. The summed E-state index contributed by atoms with van der Waals surface area (Å²) < 4.78 is 18.9. The lowest BCUT2D eigenvalue weighted by molar-refractivity contribution is -0.199. The molecular weight excluding hydrogens is 605 g/mol. The molecule has 7 atom stereocenters. The number of rotatable bonds is 13. The van der Waals surface area contributed by atoms with Crippen LogP contribution in [-0.4, -0.2) is 66.2 Å². The number of hydrogen-bond acceptors (Lipinski definition) is 6. The maximum atomic E-state index is 14.2. The van der Waals surface area contributed by atoms with Gasteiger partial charge in [0.2, 0.25) is 11.8 Å². The quantitative estimate of drug-likeness (QED) is 0.207. The Kier molecular flexibility index (Phi) is 10.5. The van der Waals surface area contributed by atoms with E-state index in [0.717, 1.165) is 43.2 Å². The van der Waals surface area contributed by atoms with E-state index in [2.05, 4.69) is 38.3 Å². The first kappa shape index (κ1) is 34.5. The second-order valence-electron chi connectivity index (χ2n) is 15.1. The molecule has 0 spiro atoms. The van der Waals surface area contributed by atoms with Crippen molar-refractivity contribution in [2.45, 2.75) is 122 Å². The maximum Gasteiger partial charge on any atom is 0.481 e. The van der Waals surface area contributed by atoms with Gasteiger partial charge in [0.15, 0.2) is 0 Å². The summed E-state index contributed by atoms with van der Waals surface area (Å²) >= 11 is 0. The van der Waals surface area contributed by atoms with Crippen LogP contribution in [0, 0.1) is 17.3 Å². The van der Waals surface area contributed by atoms with Gasteiger partial charge in [0.25, 0.3) is 0 Å². The van der Waals surface area contributed by atoms with Gasteiger partial charge in [-0.2, -0.15) is 0 Å². The molecule has 2 saturated heterocycles. The van der Waals surface area contributed by atoms with Crippen LogP contribution in [0.2, 0.25) is 0 Å². The fourth-order valence-electron chi connectivity index (χ4n) is 8.70. The van der Waals surface area contributed by atoms with Crippen LogP contribution >= 0.6 is 0 Å². The van der Waals surface area contributed by atoms with Crippen molar-refractivity contribution in [2.24, 2.45) is 17.3 Å². The van der Waals surface area contributed by atoms with Gasteiger partial charge in [-0.25, -0.2) is 4.79 Å². The van der Waals surface area contributed by atoms with Crippen LogP contribution in [0.1, 0.15) is 90.2 Å². The molecule has 2 aliphatic heterocycles. The van der Waals surface area contributed by atoms with Crippen molar-refractivity contribution < 1.29 is 28.4 Å². The lowest BCUT2D eigenvalue weighted by atomic mass is 9.43. The molecule has 3 amide bonds. The Hall–Kier alpha value is -3.37. The second-order valence-corrected chi connectivity index (χ2v) is 15.1. The normalized spacial score (nSPS) is 28.2. The largest absolute Gasteiger partial charge is 0.481 e. The van der Waals surface area contributed by atoms with Crippen molar-refractivity contribution in [3.05, 3.63) is 71.8 Å². The molecule has 0 aromatic heterocycles. The smallest absolute Gasteiger partial charge is 0.445 e. The van der Waals surface area contributed by atoms with Crippen molar-refractivity contribution in [1.29, 1.82) is 0 Å². The number of ether oxygens (including phenoxy) is 1. The van der Waals surface area contributed by atoms with E-state index >= 15 is 0 Å². The molecule has 5 fully saturated rings. The summed E-state index contributed by atoms with van der Waals surface area (Å²) in [4.78, 5) is 42.8. The molecule has 2 N–H and O–H groups in total. The van der Waals surface area contributed by atoms with E-state index in [-0.39, 0.29) is 47.9 Å². The first-order valence-electron chi connectivity index (χ1n) is 18.1. The highest BCUT2D eigenvalue weighted by Crippen LogP contribution is 2.65. The fourth-order valence-corrected chi connectivity index (χ4v) is 8.70. The third kappa shape index (κ3) is 7.15. The molecule has 258 valence electrons. The average Bonchev–Trinajstić information content (AvgIpc) is 3.72. The molecule has 2 aromatic rings. The maximum absolute atomic E-state index is 14.2. The second kappa shape index (κ2) is 14.6. The Morgan fingerprint density at radius 2 is 1.69 bits per heavy atom. The number of amides is 3. The van der Waals surface area contributed by atoms with E-state index in [1.807, 2.05) is 60.7 Å². The number of alkyl carbamates (subject to hydrolysis) is 1. The fraction of sp³-hybridized carbons (Fsp3) is 0.605. The highest BCUT2D eigenvalue weighted by molar-refractivity contribution is 6.47. The molecule has 2 heterocycles. The van der Waals surface area contributed by atoms with Gasteiger partial charge in [0.1, 0.15) is 18.7 Å². The third-order valence-electron chi connectivity index (χ3n) is 11.7. The van der Waals surface area contributed by atoms with Crippen LogP contribution in [-0.2, 0) is 36.7 Å². The van der Waals surface area contributed by atoms with E-state index in [9.17, 15) is 14.4 Å². The standard InChI is InChI=1S/C38H52BN3O6/c1-5-6-9-20-33(39-47-32-24-28-23-31(37(28,2)3)38(32,4)48-39)41-34(43)30-19-14-21-42(30)35(44)29(22-26-15-10-7-11-16-26)40-36(45)46-25-27-17-12-8-13-18-27/h7-8,10-13,15-18,28-33H,5-6,9,14,19-25H2,1-4H3,(H,40,45)(H,41,43)/t28-,29+,30-,31-,32+,33?,38-/m0/s1. The Balaban J connectivity index is 1.14. The number of likely N-dealkylation sites (tertiary alicyclic amines) is 1. The van der Waals surface area contributed by atoms with Gasteiger partial charge in [-0.15, -0.1) is 0 Å². The van der Waals surface area contributed by atoms with Crippen molar-refractivity contribution in [3.63, 3.8) is 0 Å². The lowest BCUT2D eigenvalue weighted by Gasteiger charge is -2.64. The zero-order valence-electron chi connectivity index (χ0n) is 29.0. The number of unbranched alkanes of at least 4 members (excludes halogenated alkanes) is 2. The van der Waals surface area contributed by atoms with E-state index in [4.69, 9.17) is 14.0 Å². The zero-order valence-corrected chi connectivity index (χ0v) is 29.0. The summed E-state index contributed by atoms with van der Waals surface area (Å²) in [5, 5.41) is 6.11. The molecule has 5 aliphatic rings. The molecule has 3 aliphatic carbocycles.